The van der Waals surface area contributed by atoms with Gasteiger partial charge in [-0.3, -0.25) is 9.80 Å². The molecule has 1 aliphatic rings. The Morgan fingerprint density at radius 1 is 1.18 bits per heavy atom. The second kappa shape index (κ2) is 9.14. The topological polar surface area (TPSA) is 62.5 Å². The molecule has 0 bridgehead atoms. The zero-order valence-corrected chi connectivity index (χ0v) is 20.1. The van der Waals surface area contributed by atoms with Crippen molar-refractivity contribution in [1.29, 1.82) is 0 Å². The van der Waals surface area contributed by atoms with E-state index in [0.29, 0.717) is 22.8 Å². The SMILES string of the molecule is Cc1cc(C(F)(F)F)ncc1N(C[C@]1(C)CC[C@@](c2cccc(Cl)c2)(N(C)C)CC1)C(N)=O. The van der Waals surface area contributed by atoms with Gasteiger partial charge in [0.05, 0.1) is 11.9 Å². The molecule has 180 valence electrons. The minimum absolute atomic E-state index is 0.187. The third-order valence-electron chi connectivity index (χ3n) is 6.97. The van der Waals surface area contributed by atoms with Crippen LogP contribution in [-0.2, 0) is 11.7 Å². The van der Waals surface area contributed by atoms with Crippen molar-refractivity contribution in [3.8, 4) is 0 Å². The molecule has 0 spiro atoms. The molecule has 1 saturated carbocycles. The molecule has 2 N–H and O–H groups in total. The fourth-order valence-electron chi connectivity index (χ4n) is 4.85. The number of alkyl halides is 3. The van der Waals surface area contributed by atoms with Gasteiger partial charge in [0.15, 0.2) is 0 Å². The van der Waals surface area contributed by atoms with Crippen molar-refractivity contribution < 1.29 is 18.0 Å². The molecule has 5 nitrogen and oxygen atoms in total. The van der Waals surface area contributed by atoms with Crippen LogP contribution in [0.4, 0.5) is 23.7 Å². The van der Waals surface area contributed by atoms with E-state index in [4.69, 9.17) is 17.3 Å². The van der Waals surface area contributed by atoms with Crippen molar-refractivity contribution in [2.45, 2.75) is 51.2 Å². The zero-order valence-electron chi connectivity index (χ0n) is 19.3. The van der Waals surface area contributed by atoms with Gasteiger partial charge in [-0.15, -0.1) is 0 Å². The molecule has 0 radical (unpaired) electrons. The number of rotatable bonds is 5. The average Bonchev–Trinajstić information content (AvgIpc) is 2.72. The number of carbonyl (C=O) groups is 1. The van der Waals surface area contributed by atoms with Crippen molar-refractivity contribution in [3.05, 3.63) is 58.4 Å². The second-order valence-corrected chi connectivity index (χ2v) is 9.96. The number of nitrogens with two attached hydrogens (primary N) is 1. The number of aromatic nitrogens is 1. The highest BCUT2D eigenvalue weighted by Gasteiger charge is 2.44. The van der Waals surface area contributed by atoms with E-state index >= 15 is 0 Å². The molecule has 1 aromatic carbocycles. The van der Waals surface area contributed by atoms with Gasteiger partial charge in [-0.1, -0.05) is 30.7 Å². The van der Waals surface area contributed by atoms with Gasteiger partial charge in [0, 0.05) is 17.1 Å². The van der Waals surface area contributed by atoms with Gasteiger partial charge < -0.3 is 5.73 Å². The fraction of sp³-hybridized carbons (Fsp3) is 0.500. The van der Waals surface area contributed by atoms with Crippen LogP contribution in [0.3, 0.4) is 0 Å². The smallest absolute Gasteiger partial charge is 0.351 e. The summed E-state index contributed by atoms with van der Waals surface area (Å²) in [6.07, 6.45) is -0.179. The predicted molar refractivity (Wildman–Crippen MR) is 124 cm³/mol. The van der Waals surface area contributed by atoms with Crippen LogP contribution in [0.1, 0.15) is 49.4 Å². The molecule has 0 unspecified atom stereocenters. The van der Waals surface area contributed by atoms with Gasteiger partial charge in [0.2, 0.25) is 0 Å². The average molecular weight is 483 g/mol. The highest BCUT2D eigenvalue weighted by atomic mass is 35.5. The summed E-state index contributed by atoms with van der Waals surface area (Å²) in [6.45, 7) is 3.92. The highest BCUT2D eigenvalue weighted by molar-refractivity contribution is 6.30. The van der Waals surface area contributed by atoms with Crippen LogP contribution in [0.2, 0.25) is 5.02 Å². The largest absolute Gasteiger partial charge is 0.433 e. The van der Waals surface area contributed by atoms with Gasteiger partial charge in [-0.25, -0.2) is 9.78 Å². The number of benzene rings is 1. The Hall–Kier alpha value is -2.32. The van der Waals surface area contributed by atoms with E-state index in [2.05, 4.69) is 37.0 Å². The van der Waals surface area contributed by atoms with Gasteiger partial charge in [0.1, 0.15) is 5.69 Å². The number of hydrogen-bond donors (Lipinski definition) is 1. The van der Waals surface area contributed by atoms with E-state index < -0.39 is 17.9 Å². The molecule has 33 heavy (non-hydrogen) atoms. The lowest BCUT2D eigenvalue weighted by Crippen LogP contribution is -2.50. The summed E-state index contributed by atoms with van der Waals surface area (Å²) in [5.41, 5.74) is 5.98. The number of halogens is 4. The van der Waals surface area contributed by atoms with Crippen molar-refractivity contribution in [2.24, 2.45) is 11.1 Å². The van der Waals surface area contributed by atoms with E-state index in [1.54, 1.807) is 0 Å². The number of anilines is 1. The van der Waals surface area contributed by atoms with E-state index in [1.807, 2.05) is 18.2 Å². The van der Waals surface area contributed by atoms with Gasteiger partial charge in [-0.05, 0) is 81.4 Å². The maximum absolute atomic E-state index is 13.0. The first-order valence-electron chi connectivity index (χ1n) is 10.8. The number of pyridine rings is 1. The van der Waals surface area contributed by atoms with E-state index in [0.717, 1.165) is 43.5 Å². The van der Waals surface area contributed by atoms with Crippen LogP contribution in [0.25, 0.3) is 0 Å². The molecule has 1 aromatic heterocycles. The first-order chi connectivity index (χ1) is 15.3. The van der Waals surface area contributed by atoms with Crippen LogP contribution >= 0.6 is 11.6 Å². The van der Waals surface area contributed by atoms with Crippen LogP contribution in [0, 0.1) is 12.3 Å². The summed E-state index contributed by atoms with van der Waals surface area (Å²) in [7, 11) is 4.10. The number of aryl methyl sites for hydroxylation is 1. The Kier molecular flexibility index (Phi) is 7.01. The summed E-state index contributed by atoms with van der Waals surface area (Å²) in [5, 5.41) is 0.687. The van der Waals surface area contributed by atoms with E-state index in [-0.39, 0.29) is 11.0 Å². The molecule has 9 heteroatoms. The molecule has 2 amide bonds. The first kappa shape index (κ1) is 25.3. The maximum atomic E-state index is 13.0. The Labute approximate surface area is 197 Å². The highest BCUT2D eigenvalue weighted by Crippen LogP contribution is 2.49. The number of amides is 2. The van der Waals surface area contributed by atoms with Crippen LogP contribution < -0.4 is 10.6 Å². The summed E-state index contributed by atoms with van der Waals surface area (Å²) in [5.74, 6) is 0. The Balaban J connectivity index is 1.84. The van der Waals surface area contributed by atoms with E-state index in [9.17, 15) is 18.0 Å². The van der Waals surface area contributed by atoms with E-state index in [1.165, 1.54) is 11.8 Å². The quantitative estimate of drug-likeness (QED) is 0.569. The lowest BCUT2D eigenvalue weighted by molar-refractivity contribution is -0.141. The minimum atomic E-state index is -4.55. The Morgan fingerprint density at radius 2 is 1.82 bits per heavy atom. The van der Waals surface area contributed by atoms with Crippen LogP contribution in [0.15, 0.2) is 36.5 Å². The molecule has 0 atom stereocenters. The number of hydrogen-bond acceptors (Lipinski definition) is 3. The minimum Gasteiger partial charge on any atom is -0.351 e. The summed E-state index contributed by atoms with van der Waals surface area (Å²) in [4.78, 5) is 19.4. The molecule has 0 saturated heterocycles. The Morgan fingerprint density at radius 3 is 2.30 bits per heavy atom. The van der Waals surface area contributed by atoms with Gasteiger partial charge >= 0.3 is 12.2 Å². The molecule has 1 fully saturated rings. The molecule has 0 aliphatic heterocycles. The normalized spacial score (nSPS) is 23.5. The fourth-order valence-corrected chi connectivity index (χ4v) is 5.04. The second-order valence-electron chi connectivity index (χ2n) is 9.53. The van der Waals surface area contributed by atoms with Crippen molar-refractivity contribution in [3.63, 3.8) is 0 Å². The number of carbonyl (C=O) groups excluding carboxylic acids is 1. The third-order valence-corrected chi connectivity index (χ3v) is 7.21. The predicted octanol–water partition coefficient (Wildman–Crippen LogP) is 5.98. The van der Waals surface area contributed by atoms with Crippen molar-refractivity contribution >= 4 is 23.3 Å². The summed E-state index contributed by atoms with van der Waals surface area (Å²) < 4.78 is 39.0. The zero-order chi connectivity index (χ0) is 24.6. The number of primary amides is 1. The summed E-state index contributed by atoms with van der Waals surface area (Å²) in [6, 6.07) is 8.13. The van der Waals surface area contributed by atoms with Crippen LogP contribution in [0.5, 0.6) is 0 Å². The Bertz CT molecular complexity index is 1020. The third kappa shape index (κ3) is 5.27. The standard InChI is InChI=1S/C24H30ClF3N4O/c1-16-12-20(24(26,27)28)30-14-19(16)32(21(29)33)15-22(2)8-10-23(11-9-22,31(3)4)17-6-5-7-18(25)13-17/h5-7,12-14H,8-11,15H2,1-4H3,(H2,29,33)/t22-,23-. The van der Waals surface area contributed by atoms with Crippen LogP contribution in [-0.4, -0.2) is 36.6 Å². The molecule has 1 heterocycles. The lowest BCUT2D eigenvalue weighted by atomic mass is 9.65. The number of nitrogens with zero attached hydrogens (tertiary/aromatic N) is 3. The lowest BCUT2D eigenvalue weighted by Gasteiger charge is -2.50. The van der Waals surface area contributed by atoms with Crippen molar-refractivity contribution in [1.82, 2.24) is 9.88 Å². The monoisotopic (exact) mass is 482 g/mol. The maximum Gasteiger partial charge on any atom is 0.433 e. The first-order valence-corrected chi connectivity index (χ1v) is 11.2. The van der Waals surface area contributed by atoms with Gasteiger partial charge in [0.25, 0.3) is 0 Å². The molecule has 1 aliphatic carbocycles. The number of urea groups is 1. The summed E-state index contributed by atoms with van der Waals surface area (Å²) >= 11 is 6.26. The molecule has 3 rings (SSSR count). The molecular weight excluding hydrogens is 453 g/mol. The van der Waals surface area contributed by atoms with Gasteiger partial charge in [-0.2, -0.15) is 13.2 Å². The molecule has 2 aromatic rings. The van der Waals surface area contributed by atoms with Crippen molar-refractivity contribution in [2.75, 3.05) is 25.5 Å². The molecular formula is C24H30ClF3N4O.